The molecule has 0 saturated carbocycles. The van der Waals surface area contributed by atoms with Crippen LogP contribution in [0.25, 0.3) is 0 Å². The molecule has 1 aromatic carbocycles. The van der Waals surface area contributed by atoms with E-state index in [2.05, 4.69) is 5.32 Å². The Morgan fingerprint density at radius 3 is 2.70 bits per heavy atom. The summed E-state index contributed by atoms with van der Waals surface area (Å²) in [7, 11) is 1.68. The maximum absolute atomic E-state index is 12.2. The molecule has 110 valence electrons. The summed E-state index contributed by atoms with van der Waals surface area (Å²) in [5.41, 5.74) is 1.12. The van der Waals surface area contributed by atoms with E-state index in [1.54, 1.807) is 11.9 Å². The molecule has 3 N–H and O–H groups in total. The number of piperidine rings is 1. The van der Waals surface area contributed by atoms with Gasteiger partial charge in [-0.15, -0.1) is 0 Å². The van der Waals surface area contributed by atoms with Crippen molar-refractivity contribution in [2.45, 2.75) is 31.1 Å². The van der Waals surface area contributed by atoms with Crippen molar-refractivity contribution < 1.29 is 15.0 Å². The smallest absolute Gasteiger partial charge is 0.223 e. The zero-order valence-corrected chi connectivity index (χ0v) is 11.7. The number of carbonyl (C=O) groups excluding carboxylic acids is 1. The van der Waals surface area contributed by atoms with E-state index in [-0.39, 0.29) is 11.9 Å². The minimum Gasteiger partial charge on any atom is -0.389 e. The number of aliphatic hydroxyl groups excluding tert-OH is 2. The summed E-state index contributed by atoms with van der Waals surface area (Å²) in [6.45, 7) is 0.871. The third kappa shape index (κ3) is 3.56. The highest BCUT2D eigenvalue weighted by atomic mass is 16.3. The van der Waals surface area contributed by atoms with Crippen molar-refractivity contribution in [2.24, 2.45) is 0 Å². The molecule has 1 aromatic rings. The van der Waals surface area contributed by atoms with Crippen molar-refractivity contribution in [2.75, 3.05) is 20.1 Å². The van der Waals surface area contributed by atoms with E-state index in [1.807, 2.05) is 30.3 Å². The zero-order valence-electron chi connectivity index (χ0n) is 11.7. The number of likely N-dealkylation sites (N-methyl/N-ethyl adjacent to an activating group) is 1. The van der Waals surface area contributed by atoms with Gasteiger partial charge < -0.3 is 20.4 Å². The van der Waals surface area contributed by atoms with Crippen LogP contribution in [0.2, 0.25) is 0 Å². The van der Waals surface area contributed by atoms with Crippen LogP contribution in [-0.4, -0.2) is 59.4 Å². The molecule has 5 nitrogen and oxygen atoms in total. The third-order valence-electron chi connectivity index (χ3n) is 3.86. The molecule has 0 spiro atoms. The predicted molar refractivity (Wildman–Crippen MR) is 76.2 cm³/mol. The summed E-state index contributed by atoms with van der Waals surface area (Å²) >= 11 is 0. The first-order chi connectivity index (χ1) is 9.59. The van der Waals surface area contributed by atoms with E-state index in [1.165, 1.54) is 0 Å². The second-order valence-electron chi connectivity index (χ2n) is 5.27. The number of carbonyl (C=O) groups is 1. The van der Waals surface area contributed by atoms with Crippen LogP contribution in [0.1, 0.15) is 12.0 Å². The minimum absolute atomic E-state index is 0.0196. The van der Waals surface area contributed by atoms with Gasteiger partial charge in [0, 0.05) is 26.6 Å². The highest BCUT2D eigenvalue weighted by Crippen LogP contribution is 2.13. The Hall–Kier alpha value is -1.43. The molecule has 1 fully saturated rings. The average molecular weight is 278 g/mol. The van der Waals surface area contributed by atoms with Gasteiger partial charge in [0.15, 0.2) is 0 Å². The predicted octanol–water partition coefficient (Wildman–Crippen LogP) is -0.229. The van der Waals surface area contributed by atoms with Gasteiger partial charge in [-0.05, 0) is 12.0 Å². The first-order valence-corrected chi connectivity index (χ1v) is 6.96. The highest BCUT2D eigenvalue weighted by molar-refractivity contribution is 5.76. The van der Waals surface area contributed by atoms with E-state index in [4.69, 9.17) is 0 Å². The third-order valence-corrected chi connectivity index (χ3v) is 3.86. The molecule has 3 unspecified atom stereocenters. The summed E-state index contributed by atoms with van der Waals surface area (Å²) in [4.78, 5) is 13.7. The van der Waals surface area contributed by atoms with Crippen molar-refractivity contribution >= 4 is 5.91 Å². The first-order valence-electron chi connectivity index (χ1n) is 6.96. The fourth-order valence-electron chi connectivity index (χ4n) is 2.50. The van der Waals surface area contributed by atoms with Gasteiger partial charge in [-0.25, -0.2) is 0 Å². The highest BCUT2D eigenvalue weighted by Gasteiger charge is 2.34. The van der Waals surface area contributed by atoms with Gasteiger partial charge >= 0.3 is 0 Å². The number of hydrogen-bond acceptors (Lipinski definition) is 4. The fourth-order valence-corrected chi connectivity index (χ4v) is 2.50. The topological polar surface area (TPSA) is 72.8 Å². The van der Waals surface area contributed by atoms with Crippen molar-refractivity contribution in [3.63, 3.8) is 0 Å². The number of aryl methyl sites for hydroxylation is 1. The second-order valence-corrected chi connectivity index (χ2v) is 5.27. The molecule has 1 saturated heterocycles. The largest absolute Gasteiger partial charge is 0.389 e. The van der Waals surface area contributed by atoms with Crippen LogP contribution in [-0.2, 0) is 11.2 Å². The summed E-state index contributed by atoms with van der Waals surface area (Å²) < 4.78 is 0. The lowest BCUT2D eigenvalue weighted by Crippen LogP contribution is -2.60. The molecule has 0 aromatic heterocycles. The van der Waals surface area contributed by atoms with Crippen LogP contribution in [0.5, 0.6) is 0 Å². The quantitative estimate of drug-likeness (QED) is 0.711. The van der Waals surface area contributed by atoms with Gasteiger partial charge in [-0.3, -0.25) is 4.79 Å². The molecule has 2 rings (SSSR count). The number of nitrogens with zero attached hydrogens (tertiary/aromatic N) is 1. The maximum atomic E-state index is 12.2. The van der Waals surface area contributed by atoms with Crippen LogP contribution in [0, 0.1) is 0 Å². The maximum Gasteiger partial charge on any atom is 0.223 e. The molecule has 1 amide bonds. The molecule has 0 aliphatic carbocycles. The van der Waals surface area contributed by atoms with Gasteiger partial charge in [0.25, 0.3) is 0 Å². The Kier molecular flexibility index (Phi) is 5.11. The number of hydrogen-bond donors (Lipinski definition) is 3. The van der Waals surface area contributed by atoms with Crippen LogP contribution < -0.4 is 5.32 Å². The molecule has 0 bridgehead atoms. The molecule has 20 heavy (non-hydrogen) atoms. The van der Waals surface area contributed by atoms with Crippen molar-refractivity contribution in [3.05, 3.63) is 35.9 Å². The van der Waals surface area contributed by atoms with E-state index in [0.717, 1.165) is 5.56 Å². The Bertz CT molecular complexity index is 438. The van der Waals surface area contributed by atoms with Crippen LogP contribution in [0.15, 0.2) is 30.3 Å². The molecule has 5 heteroatoms. The normalized spacial score (nSPS) is 26.2. The Morgan fingerprint density at radius 2 is 2.00 bits per heavy atom. The standard InChI is InChI=1S/C15H22N2O3/c1-17(12-9-16-10-13(18)15(12)20)14(19)8-7-11-5-3-2-4-6-11/h2-6,12-13,15-16,18,20H,7-10H2,1H3. The second kappa shape index (κ2) is 6.83. The summed E-state index contributed by atoms with van der Waals surface area (Å²) in [6, 6.07) is 9.47. The van der Waals surface area contributed by atoms with Crippen LogP contribution in [0.3, 0.4) is 0 Å². The SMILES string of the molecule is CN(C(=O)CCc1ccccc1)C1CNCC(O)C1O. The number of β-amino-alcohol motifs (C(OH)–C–C–N with tert-alkyl or cyclic N) is 1. The van der Waals surface area contributed by atoms with Crippen molar-refractivity contribution in [3.8, 4) is 0 Å². The van der Waals surface area contributed by atoms with E-state index >= 15 is 0 Å². The monoisotopic (exact) mass is 278 g/mol. The zero-order chi connectivity index (χ0) is 14.5. The molecular weight excluding hydrogens is 256 g/mol. The Balaban J connectivity index is 1.88. The number of amides is 1. The summed E-state index contributed by atoms with van der Waals surface area (Å²) in [6.07, 6.45) is -0.622. The lowest BCUT2D eigenvalue weighted by atomic mass is 9.99. The van der Waals surface area contributed by atoms with Gasteiger partial charge in [-0.2, -0.15) is 0 Å². The average Bonchev–Trinajstić information content (AvgIpc) is 2.48. The van der Waals surface area contributed by atoms with Crippen LogP contribution >= 0.6 is 0 Å². The Labute approximate surface area is 119 Å². The molecule has 3 atom stereocenters. The lowest BCUT2D eigenvalue weighted by molar-refractivity contribution is -0.137. The van der Waals surface area contributed by atoms with Crippen LogP contribution in [0.4, 0.5) is 0 Å². The van der Waals surface area contributed by atoms with E-state index < -0.39 is 12.2 Å². The van der Waals surface area contributed by atoms with E-state index in [9.17, 15) is 15.0 Å². The number of nitrogens with one attached hydrogen (secondary N) is 1. The van der Waals surface area contributed by atoms with Crippen molar-refractivity contribution in [1.29, 1.82) is 0 Å². The summed E-state index contributed by atoms with van der Waals surface area (Å²) in [5, 5.41) is 22.6. The number of rotatable bonds is 4. The van der Waals surface area contributed by atoms with Gasteiger partial charge in [0.2, 0.25) is 5.91 Å². The van der Waals surface area contributed by atoms with E-state index in [0.29, 0.717) is 25.9 Å². The lowest BCUT2D eigenvalue weighted by Gasteiger charge is -2.38. The number of aliphatic hydroxyl groups is 2. The molecule has 1 aliphatic heterocycles. The summed E-state index contributed by atoms with van der Waals surface area (Å²) in [5.74, 6) is -0.0196. The van der Waals surface area contributed by atoms with Gasteiger partial charge in [0.1, 0.15) is 6.10 Å². The van der Waals surface area contributed by atoms with Gasteiger partial charge in [-0.1, -0.05) is 30.3 Å². The Morgan fingerprint density at radius 1 is 1.30 bits per heavy atom. The molecule has 1 heterocycles. The fraction of sp³-hybridized carbons (Fsp3) is 0.533. The number of benzene rings is 1. The molecule has 1 aliphatic rings. The minimum atomic E-state index is -0.887. The molecular formula is C15H22N2O3. The van der Waals surface area contributed by atoms with Gasteiger partial charge in [0.05, 0.1) is 12.1 Å². The van der Waals surface area contributed by atoms with Crippen molar-refractivity contribution in [1.82, 2.24) is 10.2 Å². The molecule has 0 radical (unpaired) electrons. The first kappa shape index (κ1) is 15.0.